The second kappa shape index (κ2) is 6.46. The number of benzene rings is 1. The maximum absolute atomic E-state index is 9.94. The fraction of sp³-hybridized carbons (Fsp3) is 0.500. The lowest BCUT2D eigenvalue weighted by molar-refractivity contribution is 0.0220. The Bertz CT molecular complexity index is 629. The SMILES string of the molecule is COc1cccc(-c2noc(CN3CCC(C)C(O)C3)n2)c1. The third-order valence-electron chi connectivity index (χ3n) is 4.16. The van der Waals surface area contributed by atoms with E-state index < -0.39 is 0 Å². The van der Waals surface area contributed by atoms with Crippen LogP contribution in [0.1, 0.15) is 19.2 Å². The van der Waals surface area contributed by atoms with Gasteiger partial charge in [-0.3, -0.25) is 4.90 Å². The van der Waals surface area contributed by atoms with Crippen molar-refractivity contribution in [2.45, 2.75) is 26.0 Å². The third kappa shape index (κ3) is 3.28. The van der Waals surface area contributed by atoms with Crippen molar-refractivity contribution in [2.24, 2.45) is 5.92 Å². The van der Waals surface area contributed by atoms with Gasteiger partial charge in [0.05, 0.1) is 19.8 Å². The van der Waals surface area contributed by atoms with E-state index in [1.807, 2.05) is 24.3 Å². The van der Waals surface area contributed by atoms with Crippen molar-refractivity contribution < 1.29 is 14.4 Å². The summed E-state index contributed by atoms with van der Waals surface area (Å²) in [5.74, 6) is 2.24. The Kier molecular flexibility index (Phi) is 4.40. The molecular formula is C16H21N3O3. The quantitative estimate of drug-likeness (QED) is 0.931. The van der Waals surface area contributed by atoms with Crippen molar-refractivity contribution in [1.82, 2.24) is 15.0 Å². The third-order valence-corrected chi connectivity index (χ3v) is 4.16. The molecule has 6 nitrogen and oxygen atoms in total. The number of nitrogens with zero attached hydrogens (tertiary/aromatic N) is 3. The predicted molar refractivity (Wildman–Crippen MR) is 81.4 cm³/mol. The van der Waals surface area contributed by atoms with Crippen LogP contribution in [0.15, 0.2) is 28.8 Å². The highest BCUT2D eigenvalue weighted by molar-refractivity contribution is 5.56. The van der Waals surface area contributed by atoms with Crippen molar-refractivity contribution in [3.63, 3.8) is 0 Å². The molecule has 1 aliphatic heterocycles. The van der Waals surface area contributed by atoms with Crippen LogP contribution in [0.3, 0.4) is 0 Å². The first-order valence-electron chi connectivity index (χ1n) is 7.53. The summed E-state index contributed by atoms with van der Waals surface area (Å²) in [7, 11) is 1.63. The molecule has 1 aromatic carbocycles. The number of aromatic nitrogens is 2. The number of ether oxygens (including phenoxy) is 1. The Morgan fingerprint density at radius 1 is 1.45 bits per heavy atom. The van der Waals surface area contributed by atoms with Crippen LogP contribution in [-0.2, 0) is 6.54 Å². The van der Waals surface area contributed by atoms with Gasteiger partial charge in [0.25, 0.3) is 0 Å². The van der Waals surface area contributed by atoms with Gasteiger partial charge in [-0.15, -0.1) is 0 Å². The summed E-state index contributed by atoms with van der Waals surface area (Å²) in [5.41, 5.74) is 0.863. The second-order valence-electron chi connectivity index (χ2n) is 5.81. The van der Waals surface area contributed by atoms with E-state index in [1.165, 1.54) is 0 Å². The molecule has 0 radical (unpaired) electrons. The van der Waals surface area contributed by atoms with Crippen LogP contribution in [-0.4, -0.2) is 46.5 Å². The highest BCUT2D eigenvalue weighted by Crippen LogP contribution is 2.22. The van der Waals surface area contributed by atoms with Crippen LogP contribution in [0.4, 0.5) is 0 Å². The second-order valence-corrected chi connectivity index (χ2v) is 5.81. The van der Waals surface area contributed by atoms with E-state index in [4.69, 9.17) is 9.26 Å². The molecule has 2 heterocycles. The topological polar surface area (TPSA) is 71.6 Å². The van der Waals surface area contributed by atoms with Crippen molar-refractivity contribution >= 4 is 0 Å². The Morgan fingerprint density at radius 2 is 2.32 bits per heavy atom. The van der Waals surface area contributed by atoms with Gasteiger partial charge >= 0.3 is 0 Å². The van der Waals surface area contributed by atoms with Gasteiger partial charge in [0.15, 0.2) is 0 Å². The summed E-state index contributed by atoms with van der Waals surface area (Å²) in [6, 6.07) is 7.57. The number of methoxy groups -OCH3 is 1. The fourth-order valence-corrected chi connectivity index (χ4v) is 2.65. The zero-order chi connectivity index (χ0) is 15.5. The predicted octanol–water partition coefficient (Wildman–Crippen LogP) is 1.95. The smallest absolute Gasteiger partial charge is 0.241 e. The minimum atomic E-state index is -0.283. The number of hydrogen-bond donors (Lipinski definition) is 1. The lowest BCUT2D eigenvalue weighted by atomic mass is 9.96. The molecule has 118 valence electrons. The van der Waals surface area contributed by atoms with Crippen molar-refractivity contribution in [3.05, 3.63) is 30.2 Å². The molecule has 1 fully saturated rings. The van der Waals surface area contributed by atoms with E-state index in [9.17, 15) is 5.11 Å². The lowest BCUT2D eigenvalue weighted by Gasteiger charge is -2.33. The average Bonchev–Trinajstić information content (AvgIpc) is 2.99. The monoisotopic (exact) mass is 303 g/mol. The molecule has 2 aromatic rings. The van der Waals surface area contributed by atoms with E-state index in [0.717, 1.165) is 24.3 Å². The molecule has 1 N–H and O–H groups in total. The molecule has 0 amide bonds. The van der Waals surface area contributed by atoms with Crippen LogP contribution in [0, 0.1) is 5.92 Å². The van der Waals surface area contributed by atoms with Gasteiger partial charge in [-0.05, 0) is 31.0 Å². The Balaban J connectivity index is 1.68. The summed E-state index contributed by atoms with van der Waals surface area (Å²) < 4.78 is 10.5. The standard InChI is InChI=1S/C16H21N3O3/c1-11-6-7-19(9-14(11)20)10-15-17-16(18-22-15)12-4-3-5-13(8-12)21-2/h3-5,8,11,14,20H,6-7,9-10H2,1-2H3. The van der Waals surface area contributed by atoms with Crippen LogP contribution < -0.4 is 4.74 Å². The maximum atomic E-state index is 9.94. The van der Waals surface area contributed by atoms with E-state index >= 15 is 0 Å². The minimum absolute atomic E-state index is 0.283. The summed E-state index contributed by atoms with van der Waals surface area (Å²) in [6.07, 6.45) is 0.701. The summed E-state index contributed by atoms with van der Waals surface area (Å²) >= 11 is 0. The number of aliphatic hydroxyl groups excluding tert-OH is 1. The summed E-state index contributed by atoms with van der Waals surface area (Å²) in [5, 5.41) is 14.0. The zero-order valence-corrected chi connectivity index (χ0v) is 12.9. The lowest BCUT2D eigenvalue weighted by Crippen LogP contribution is -2.42. The molecule has 0 bridgehead atoms. The molecule has 22 heavy (non-hydrogen) atoms. The van der Waals surface area contributed by atoms with Crippen LogP contribution >= 0.6 is 0 Å². The van der Waals surface area contributed by atoms with Crippen molar-refractivity contribution in [3.8, 4) is 17.1 Å². The molecule has 1 aromatic heterocycles. The number of rotatable bonds is 4. The molecule has 0 aliphatic carbocycles. The van der Waals surface area contributed by atoms with Gasteiger partial charge in [-0.2, -0.15) is 4.98 Å². The van der Waals surface area contributed by atoms with Gasteiger partial charge < -0.3 is 14.4 Å². The van der Waals surface area contributed by atoms with Gasteiger partial charge in [0.2, 0.25) is 11.7 Å². The largest absolute Gasteiger partial charge is 0.497 e. The maximum Gasteiger partial charge on any atom is 0.241 e. The van der Waals surface area contributed by atoms with Gasteiger partial charge in [-0.1, -0.05) is 24.2 Å². The van der Waals surface area contributed by atoms with Gasteiger partial charge in [-0.25, -0.2) is 0 Å². The number of piperidine rings is 1. The number of likely N-dealkylation sites (tertiary alicyclic amines) is 1. The zero-order valence-electron chi connectivity index (χ0n) is 12.9. The molecule has 1 saturated heterocycles. The molecule has 2 atom stereocenters. The van der Waals surface area contributed by atoms with Crippen molar-refractivity contribution in [2.75, 3.05) is 20.2 Å². The van der Waals surface area contributed by atoms with Crippen LogP contribution in [0.2, 0.25) is 0 Å². The number of aliphatic hydroxyl groups is 1. The molecule has 1 aliphatic rings. The van der Waals surface area contributed by atoms with Gasteiger partial charge in [0, 0.05) is 12.1 Å². The first kappa shape index (κ1) is 15.0. The molecule has 0 saturated carbocycles. The highest BCUT2D eigenvalue weighted by Gasteiger charge is 2.25. The molecule has 0 spiro atoms. The Hall–Kier alpha value is -1.92. The Morgan fingerprint density at radius 3 is 3.09 bits per heavy atom. The summed E-state index contributed by atoms with van der Waals surface area (Å²) in [4.78, 5) is 6.58. The van der Waals surface area contributed by atoms with E-state index in [2.05, 4.69) is 22.0 Å². The Labute approximate surface area is 129 Å². The molecule has 6 heteroatoms. The first-order chi connectivity index (χ1) is 10.7. The van der Waals surface area contributed by atoms with Crippen molar-refractivity contribution in [1.29, 1.82) is 0 Å². The minimum Gasteiger partial charge on any atom is -0.497 e. The van der Waals surface area contributed by atoms with E-state index in [-0.39, 0.29) is 6.10 Å². The number of hydrogen-bond acceptors (Lipinski definition) is 6. The van der Waals surface area contributed by atoms with Crippen LogP contribution in [0.5, 0.6) is 5.75 Å². The number of β-amino-alcohol motifs (C(OH)–C–C–N with tert-alkyl or cyclic N) is 1. The first-order valence-corrected chi connectivity index (χ1v) is 7.53. The van der Waals surface area contributed by atoms with Crippen LogP contribution in [0.25, 0.3) is 11.4 Å². The average molecular weight is 303 g/mol. The molecular weight excluding hydrogens is 282 g/mol. The summed E-state index contributed by atoms with van der Waals surface area (Å²) in [6.45, 7) is 4.24. The normalized spacial score (nSPS) is 22.7. The highest BCUT2D eigenvalue weighted by atomic mass is 16.5. The van der Waals surface area contributed by atoms with Gasteiger partial charge in [0.1, 0.15) is 5.75 Å². The fourth-order valence-electron chi connectivity index (χ4n) is 2.65. The molecule has 2 unspecified atom stereocenters. The van der Waals surface area contributed by atoms with E-state index in [1.54, 1.807) is 7.11 Å². The van der Waals surface area contributed by atoms with E-state index in [0.29, 0.717) is 30.7 Å². The molecule has 3 rings (SSSR count).